The molecule has 0 saturated heterocycles. The molecular formula is C21H17Cl2N3O2S. The minimum absolute atomic E-state index is 0.215. The van der Waals surface area contributed by atoms with Crippen LogP contribution in [0.2, 0.25) is 10.0 Å². The highest BCUT2D eigenvalue weighted by Gasteiger charge is 2.19. The zero-order valence-corrected chi connectivity index (χ0v) is 18.2. The number of aryl methyl sites for hydroxylation is 2. The Bertz CT molecular complexity index is 1230. The predicted octanol–water partition coefficient (Wildman–Crippen LogP) is 6.18. The van der Waals surface area contributed by atoms with Gasteiger partial charge in [-0.05, 0) is 36.8 Å². The van der Waals surface area contributed by atoms with E-state index in [2.05, 4.69) is 10.4 Å². The molecule has 4 aromatic rings. The van der Waals surface area contributed by atoms with Gasteiger partial charge >= 0.3 is 0 Å². The second-order valence-corrected chi connectivity index (χ2v) is 8.44. The molecule has 1 amide bonds. The normalized spacial score (nSPS) is 11.1. The van der Waals surface area contributed by atoms with Gasteiger partial charge in [-0.15, -0.1) is 11.3 Å². The molecule has 2 heterocycles. The average molecular weight is 446 g/mol. The number of halogens is 2. The summed E-state index contributed by atoms with van der Waals surface area (Å²) in [7, 11) is 3.41. The van der Waals surface area contributed by atoms with Crippen molar-refractivity contribution in [2.45, 2.75) is 6.92 Å². The summed E-state index contributed by atoms with van der Waals surface area (Å²) < 4.78 is 7.13. The smallest absolute Gasteiger partial charge is 0.265 e. The average Bonchev–Trinajstić information content (AvgIpc) is 3.26. The molecule has 29 heavy (non-hydrogen) atoms. The van der Waals surface area contributed by atoms with E-state index in [0.29, 0.717) is 26.4 Å². The monoisotopic (exact) mass is 445 g/mol. The lowest BCUT2D eigenvalue weighted by molar-refractivity contribution is 0.103. The number of rotatable bonds is 4. The van der Waals surface area contributed by atoms with Crippen molar-refractivity contribution >= 4 is 56.3 Å². The number of nitrogens with zero attached hydrogens (tertiary/aromatic N) is 2. The zero-order valence-electron chi connectivity index (χ0n) is 15.9. The number of hydrogen-bond donors (Lipinski definition) is 1. The molecule has 0 radical (unpaired) electrons. The Morgan fingerprint density at radius 1 is 1.17 bits per heavy atom. The highest BCUT2D eigenvalue weighted by Crippen LogP contribution is 2.35. The van der Waals surface area contributed by atoms with Crippen LogP contribution in [0.3, 0.4) is 0 Å². The first kappa shape index (κ1) is 19.8. The van der Waals surface area contributed by atoms with Crippen LogP contribution in [0, 0.1) is 6.92 Å². The van der Waals surface area contributed by atoms with E-state index >= 15 is 0 Å². The molecule has 5 nitrogen and oxygen atoms in total. The van der Waals surface area contributed by atoms with Gasteiger partial charge in [0.2, 0.25) is 0 Å². The van der Waals surface area contributed by atoms with Gasteiger partial charge in [0.1, 0.15) is 16.3 Å². The molecule has 0 unspecified atom stereocenters. The van der Waals surface area contributed by atoms with Gasteiger partial charge in [0.15, 0.2) is 0 Å². The fourth-order valence-corrected chi connectivity index (χ4v) is 4.33. The molecule has 0 atom stereocenters. The van der Waals surface area contributed by atoms with Gasteiger partial charge < -0.3 is 10.1 Å². The van der Waals surface area contributed by atoms with Crippen LogP contribution in [-0.4, -0.2) is 22.8 Å². The molecular weight excluding hydrogens is 429 g/mol. The topological polar surface area (TPSA) is 56.1 Å². The van der Waals surface area contributed by atoms with Crippen LogP contribution in [0.4, 0.5) is 5.69 Å². The maximum Gasteiger partial charge on any atom is 0.265 e. The number of fused-ring (bicyclic) bond motifs is 1. The molecule has 1 N–H and O–H groups in total. The number of nitrogens with one attached hydrogen (secondary N) is 1. The Morgan fingerprint density at radius 3 is 2.59 bits per heavy atom. The van der Waals surface area contributed by atoms with Crippen molar-refractivity contribution in [2.24, 2.45) is 7.05 Å². The number of amides is 1. The molecule has 0 spiro atoms. The largest absolute Gasteiger partial charge is 0.495 e. The molecule has 4 rings (SSSR count). The maximum absolute atomic E-state index is 12.9. The van der Waals surface area contributed by atoms with Crippen LogP contribution in [0.25, 0.3) is 21.5 Å². The van der Waals surface area contributed by atoms with Crippen LogP contribution >= 0.6 is 34.5 Å². The van der Waals surface area contributed by atoms with E-state index in [9.17, 15) is 4.79 Å². The van der Waals surface area contributed by atoms with E-state index in [1.807, 2.05) is 44.3 Å². The quantitative estimate of drug-likeness (QED) is 0.408. The van der Waals surface area contributed by atoms with Gasteiger partial charge in [0.25, 0.3) is 5.91 Å². The van der Waals surface area contributed by atoms with Gasteiger partial charge in [-0.25, -0.2) is 0 Å². The molecule has 2 aromatic heterocycles. The fraction of sp³-hybridized carbons (Fsp3) is 0.143. The fourth-order valence-electron chi connectivity index (χ4n) is 3.09. The van der Waals surface area contributed by atoms with Crippen molar-refractivity contribution in [3.05, 3.63) is 63.0 Å². The first-order chi connectivity index (χ1) is 13.9. The second-order valence-electron chi connectivity index (χ2n) is 6.56. The minimum atomic E-state index is -0.215. The Kier molecular flexibility index (Phi) is 5.25. The Balaban J connectivity index is 1.70. The number of carbonyl (C=O) groups excluding carboxylic acids is 1. The van der Waals surface area contributed by atoms with Crippen molar-refractivity contribution in [1.29, 1.82) is 0 Å². The summed E-state index contributed by atoms with van der Waals surface area (Å²) in [6.45, 7) is 1.88. The standard InChI is InChI=1S/C21H17Cl2N3O2S/c1-11-8-16(17(28-3)10-15(11)23)24-20(27)18-9-14-19(25-26(2)21(14)29-18)12-4-6-13(22)7-5-12/h4-10H,1-3H3,(H,24,27). The molecule has 0 saturated carbocycles. The van der Waals surface area contributed by atoms with Gasteiger partial charge in [0.05, 0.1) is 17.7 Å². The SMILES string of the molecule is COc1cc(Cl)c(C)cc1NC(=O)c1cc2c(-c3ccc(Cl)cc3)nn(C)c2s1. The highest BCUT2D eigenvalue weighted by atomic mass is 35.5. The van der Waals surface area contributed by atoms with Crippen LogP contribution in [0.15, 0.2) is 42.5 Å². The molecule has 0 fully saturated rings. The van der Waals surface area contributed by atoms with Crippen molar-refractivity contribution < 1.29 is 9.53 Å². The van der Waals surface area contributed by atoms with Crippen molar-refractivity contribution in [2.75, 3.05) is 12.4 Å². The number of benzene rings is 2. The third-order valence-electron chi connectivity index (χ3n) is 4.58. The van der Waals surface area contributed by atoms with Gasteiger partial charge in [-0.1, -0.05) is 35.3 Å². The first-order valence-electron chi connectivity index (χ1n) is 8.75. The Hall–Kier alpha value is -2.54. The Morgan fingerprint density at radius 2 is 1.90 bits per heavy atom. The number of thiophene rings is 1. The second kappa shape index (κ2) is 7.71. The number of carbonyl (C=O) groups is 1. The zero-order chi connectivity index (χ0) is 20.7. The van der Waals surface area contributed by atoms with E-state index in [1.165, 1.54) is 11.3 Å². The lowest BCUT2D eigenvalue weighted by atomic mass is 10.1. The lowest BCUT2D eigenvalue weighted by Gasteiger charge is -2.11. The summed E-state index contributed by atoms with van der Waals surface area (Å²) >= 11 is 13.5. The summed E-state index contributed by atoms with van der Waals surface area (Å²) in [5, 5.41) is 9.69. The maximum atomic E-state index is 12.9. The van der Waals surface area contributed by atoms with E-state index in [1.54, 1.807) is 23.9 Å². The molecule has 0 aliphatic heterocycles. The molecule has 0 aliphatic carbocycles. The molecule has 2 aromatic carbocycles. The van der Waals surface area contributed by atoms with E-state index in [-0.39, 0.29) is 5.91 Å². The summed E-state index contributed by atoms with van der Waals surface area (Å²) in [4.78, 5) is 14.4. The van der Waals surface area contributed by atoms with Crippen LogP contribution in [0.5, 0.6) is 5.75 Å². The summed E-state index contributed by atoms with van der Waals surface area (Å²) in [6, 6.07) is 12.8. The van der Waals surface area contributed by atoms with Crippen molar-refractivity contribution in [3.63, 3.8) is 0 Å². The number of methoxy groups -OCH3 is 1. The number of hydrogen-bond acceptors (Lipinski definition) is 4. The number of anilines is 1. The summed E-state index contributed by atoms with van der Waals surface area (Å²) in [6.07, 6.45) is 0. The third kappa shape index (κ3) is 3.71. The highest BCUT2D eigenvalue weighted by molar-refractivity contribution is 7.20. The first-order valence-corrected chi connectivity index (χ1v) is 10.3. The minimum Gasteiger partial charge on any atom is -0.495 e. The van der Waals surface area contributed by atoms with Gasteiger partial charge in [-0.3, -0.25) is 9.48 Å². The van der Waals surface area contributed by atoms with Gasteiger partial charge in [0, 0.05) is 34.1 Å². The van der Waals surface area contributed by atoms with Gasteiger partial charge in [-0.2, -0.15) is 5.10 Å². The van der Waals surface area contributed by atoms with Crippen molar-refractivity contribution in [1.82, 2.24) is 9.78 Å². The molecule has 0 bridgehead atoms. The molecule has 0 aliphatic rings. The number of ether oxygens (including phenoxy) is 1. The molecule has 148 valence electrons. The third-order valence-corrected chi connectivity index (χ3v) is 6.44. The molecule has 8 heteroatoms. The Labute approximate surface area is 181 Å². The van der Waals surface area contributed by atoms with E-state index in [0.717, 1.165) is 27.0 Å². The van der Waals surface area contributed by atoms with E-state index in [4.69, 9.17) is 27.9 Å². The summed E-state index contributed by atoms with van der Waals surface area (Å²) in [5.41, 5.74) is 3.19. The van der Waals surface area contributed by atoms with Crippen LogP contribution in [-0.2, 0) is 7.05 Å². The van der Waals surface area contributed by atoms with Crippen LogP contribution < -0.4 is 10.1 Å². The van der Waals surface area contributed by atoms with Crippen LogP contribution in [0.1, 0.15) is 15.2 Å². The van der Waals surface area contributed by atoms with Crippen molar-refractivity contribution in [3.8, 4) is 17.0 Å². The number of aromatic nitrogens is 2. The predicted molar refractivity (Wildman–Crippen MR) is 120 cm³/mol. The summed E-state index contributed by atoms with van der Waals surface area (Å²) in [5.74, 6) is 0.298. The lowest BCUT2D eigenvalue weighted by Crippen LogP contribution is -2.11. The van der Waals surface area contributed by atoms with E-state index < -0.39 is 0 Å².